The maximum absolute atomic E-state index is 12.5. The van der Waals surface area contributed by atoms with E-state index in [4.69, 9.17) is 4.74 Å². The molecular weight excluding hydrogens is 911 g/mol. The monoisotopic (exact) mass is 1040 g/mol. The van der Waals surface area contributed by atoms with Crippen molar-refractivity contribution in [3.63, 3.8) is 0 Å². The zero-order chi connectivity index (χ0) is 53.6. The lowest BCUT2D eigenvalue weighted by Gasteiger charge is -2.22. The molecule has 2 atom stereocenters. The third kappa shape index (κ3) is 59.8. The number of ether oxygens (including phenoxy) is 1. The summed E-state index contributed by atoms with van der Waals surface area (Å²) in [6.45, 7) is 4.98. The molecule has 0 rings (SSSR count). The average molecular weight is 1040 g/mol. The lowest BCUT2D eigenvalue weighted by molar-refractivity contribution is -0.143. The van der Waals surface area contributed by atoms with Gasteiger partial charge in [-0.05, 0) is 51.4 Å². The third-order valence-corrected chi connectivity index (χ3v) is 16.1. The minimum Gasteiger partial charge on any atom is -0.466 e. The van der Waals surface area contributed by atoms with Crippen molar-refractivity contribution in [2.75, 3.05) is 13.2 Å². The maximum atomic E-state index is 12.5. The first-order valence-corrected chi connectivity index (χ1v) is 33.9. The summed E-state index contributed by atoms with van der Waals surface area (Å²) in [4.78, 5) is 24.6. The Hall–Kier alpha value is -1.40. The topological polar surface area (TPSA) is 95.9 Å². The molecule has 2 unspecified atom stereocenters. The van der Waals surface area contributed by atoms with Crippen LogP contribution >= 0.6 is 0 Å². The van der Waals surface area contributed by atoms with E-state index < -0.39 is 12.1 Å². The van der Waals surface area contributed by atoms with E-state index >= 15 is 0 Å². The lowest BCUT2D eigenvalue weighted by Crippen LogP contribution is -2.45. The van der Waals surface area contributed by atoms with Gasteiger partial charge in [-0.15, -0.1) is 0 Å². The number of amides is 1. The van der Waals surface area contributed by atoms with Gasteiger partial charge in [0, 0.05) is 12.8 Å². The van der Waals surface area contributed by atoms with Crippen LogP contribution < -0.4 is 5.32 Å². The number of aliphatic hydroxyl groups is 2. The first-order valence-electron chi connectivity index (χ1n) is 33.9. The number of esters is 1. The van der Waals surface area contributed by atoms with E-state index in [9.17, 15) is 19.8 Å². The number of carbonyl (C=O) groups is 2. The molecule has 0 radical (unpaired) electrons. The molecule has 0 aliphatic heterocycles. The minimum atomic E-state index is -0.662. The molecule has 0 fully saturated rings. The zero-order valence-electron chi connectivity index (χ0n) is 50.4. The predicted molar refractivity (Wildman–Crippen MR) is 324 cm³/mol. The fourth-order valence-corrected chi connectivity index (χ4v) is 10.9. The van der Waals surface area contributed by atoms with Gasteiger partial charge in [0.15, 0.2) is 0 Å². The van der Waals surface area contributed by atoms with Crippen LogP contribution in [0, 0.1) is 0 Å². The lowest BCUT2D eigenvalue weighted by atomic mass is 10.0. The molecule has 0 saturated carbocycles. The molecule has 6 heteroatoms. The van der Waals surface area contributed by atoms with E-state index in [1.807, 2.05) is 0 Å². The minimum absolute atomic E-state index is 0.00960. The van der Waals surface area contributed by atoms with Gasteiger partial charge in [-0.25, -0.2) is 0 Å². The maximum Gasteiger partial charge on any atom is 0.305 e. The van der Waals surface area contributed by atoms with Crippen molar-refractivity contribution in [3.05, 3.63) is 12.2 Å². The number of carbonyl (C=O) groups excluding carboxylic acids is 2. The fraction of sp³-hybridized carbons (Fsp3) is 0.941. The van der Waals surface area contributed by atoms with E-state index in [0.29, 0.717) is 25.9 Å². The van der Waals surface area contributed by atoms with E-state index in [-0.39, 0.29) is 18.5 Å². The van der Waals surface area contributed by atoms with Gasteiger partial charge >= 0.3 is 5.97 Å². The van der Waals surface area contributed by atoms with Crippen molar-refractivity contribution < 1.29 is 24.5 Å². The second kappa shape index (κ2) is 64.1. The van der Waals surface area contributed by atoms with Gasteiger partial charge in [-0.2, -0.15) is 0 Å². The number of nitrogens with one attached hydrogen (secondary N) is 1. The van der Waals surface area contributed by atoms with Crippen molar-refractivity contribution in [3.8, 4) is 0 Å². The first-order chi connectivity index (χ1) is 36.5. The predicted octanol–water partition coefficient (Wildman–Crippen LogP) is 21.6. The highest BCUT2D eigenvalue weighted by molar-refractivity contribution is 5.76. The smallest absolute Gasteiger partial charge is 0.305 e. The van der Waals surface area contributed by atoms with E-state index in [1.165, 1.54) is 308 Å². The molecule has 440 valence electrons. The molecule has 0 aliphatic rings. The number of unbranched alkanes of at least 4 members (excludes halogenated alkanes) is 51. The standard InChI is InChI=1S/C68H133NO5/c1-3-5-7-9-11-13-15-17-19-30-33-36-40-44-48-52-56-60-66(71)65(64-70)69-67(72)61-57-53-49-45-41-37-34-31-28-26-24-22-20-21-23-25-27-29-32-35-39-43-47-51-55-59-63-74-68(73)62-58-54-50-46-42-38-18-16-14-12-10-8-6-4-2/h16,18,65-66,70-71H,3-15,17,19-64H2,1-2H3,(H,69,72)/b18-16-. The number of aliphatic hydroxyl groups excluding tert-OH is 2. The van der Waals surface area contributed by atoms with Crippen molar-refractivity contribution in [1.29, 1.82) is 0 Å². The zero-order valence-corrected chi connectivity index (χ0v) is 50.4. The Labute approximate surface area is 463 Å². The number of rotatable bonds is 64. The highest BCUT2D eigenvalue weighted by atomic mass is 16.5. The molecular formula is C68H133NO5. The Morgan fingerprint density at radius 1 is 0.365 bits per heavy atom. The van der Waals surface area contributed by atoms with Crippen LogP contribution in [0.15, 0.2) is 12.2 Å². The van der Waals surface area contributed by atoms with Crippen LogP contribution in [0.25, 0.3) is 0 Å². The van der Waals surface area contributed by atoms with Gasteiger partial charge < -0.3 is 20.3 Å². The van der Waals surface area contributed by atoms with Gasteiger partial charge in [0.2, 0.25) is 5.91 Å². The van der Waals surface area contributed by atoms with Gasteiger partial charge in [-0.1, -0.05) is 334 Å². The Morgan fingerprint density at radius 2 is 0.635 bits per heavy atom. The van der Waals surface area contributed by atoms with Crippen LogP contribution in [-0.4, -0.2) is 47.4 Å². The first kappa shape index (κ1) is 72.6. The summed E-state index contributed by atoms with van der Waals surface area (Å²) < 4.78 is 5.49. The summed E-state index contributed by atoms with van der Waals surface area (Å²) in [7, 11) is 0. The van der Waals surface area contributed by atoms with Crippen LogP contribution in [0.1, 0.15) is 386 Å². The Bertz CT molecular complexity index is 1110. The second-order valence-corrected chi connectivity index (χ2v) is 23.5. The SMILES string of the molecule is CCCCCCC/C=C\CCCCCCCC(=O)OCCCCCCCCCCCCCCCCCCCCCCCCCCCCC(=O)NC(CO)C(O)CCCCCCCCCCCCCCCCCCC. The van der Waals surface area contributed by atoms with Crippen LogP contribution in [0.2, 0.25) is 0 Å². The summed E-state index contributed by atoms with van der Waals surface area (Å²) in [6, 6.07) is -0.539. The normalized spacial score (nSPS) is 12.5. The van der Waals surface area contributed by atoms with Crippen molar-refractivity contribution in [1.82, 2.24) is 5.32 Å². The van der Waals surface area contributed by atoms with Gasteiger partial charge in [0.25, 0.3) is 0 Å². The molecule has 0 aromatic rings. The number of allylic oxidation sites excluding steroid dienone is 2. The third-order valence-electron chi connectivity index (χ3n) is 16.1. The Balaban J connectivity index is 3.35. The molecule has 0 aromatic heterocycles. The second-order valence-electron chi connectivity index (χ2n) is 23.5. The van der Waals surface area contributed by atoms with Crippen LogP contribution in [0.3, 0.4) is 0 Å². The summed E-state index contributed by atoms with van der Waals surface area (Å²) >= 11 is 0. The molecule has 0 saturated heterocycles. The van der Waals surface area contributed by atoms with Crippen LogP contribution in [0.4, 0.5) is 0 Å². The van der Waals surface area contributed by atoms with E-state index in [0.717, 1.165) is 44.9 Å². The Morgan fingerprint density at radius 3 is 0.959 bits per heavy atom. The summed E-state index contributed by atoms with van der Waals surface area (Å²) in [5, 5.41) is 23.4. The van der Waals surface area contributed by atoms with Crippen molar-refractivity contribution in [2.45, 2.75) is 398 Å². The largest absolute Gasteiger partial charge is 0.466 e. The summed E-state index contributed by atoms with van der Waals surface area (Å²) in [5.74, 6) is -0.0194. The van der Waals surface area contributed by atoms with E-state index in [1.54, 1.807) is 0 Å². The van der Waals surface area contributed by atoms with Crippen molar-refractivity contribution in [2.24, 2.45) is 0 Å². The molecule has 1 amide bonds. The quantitative estimate of drug-likeness (QED) is 0.0320. The molecule has 0 spiro atoms. The molecule has 0 aliphatic carbocycles. The van der Waals surface area contributed by atoms with Crippen LogP contribution in [0.5, 0.6) is 0 Å². The van der Waals surface area contributed by atoms with Gasteiger partial charge in [-0.3, -0.25) is 9.59 Å². The number of hydrogen-bond donors (Lipinski definition) is 3. The van der Waals surface area contributed by atoms with Crippen LogP contribution in [-0.2, 0) is 14.3 Å². The highest BCUT2D eigenvalue weighted by Gasteiger charge is 2.20. The molecule has 0 bridgehead atoms. The van der Waals surface area contributed by atoms with Crippen molar-refractivity contribution >= 4 is 11.9 Å². The van der Waals surface area contributed by atoms with E-state index in [2.05, 4.69) is 31.3 Å². The molecule has 0 heterocycles. The molecule has 74 heavy (non-hydrogen) atoms. The van der Waals surface area contributed by atoms with Gasteiger partial charge in [0.1, 0.15) is 0 Å². The fourth-order valence-electron chi connectivity index (χ4n) is 10.9. The molecule has 3 N–H and O–H groups in total. The highest BCUT2D eigenvalue weighted by Crippen LogP contribution is 2.19. The number of hydrogen-bond acceptors (Lipinski definition) is 5. The molecule has 6 nitrogen and oxygen atoms in total. The summed E-state index contributed by atoms with van der Waals surface area (Å²) in [6.07, 6.45) is 78.2. The van der Waals surface area contributed by atoms with Gasteiger partial charge in [0.05, 0.1) is 25.4 Å². The average Bonchev–Trinajstić information content (AvgIpc) is 3.40. The Kier molecular flexibility index (Phi) is 62.9. The molecule has 0 aromatic carbocycles. The summed E-state index contributed by atoms with van der Waals surface area (Å²) in [5.41, 5.74) is 0.